The zero-order chi connectivity index (χ0) is 9.23. The second-order valence-corrected chi connectivity index (χ2v) is 2.05. The first-order valence-electron chi connectivity index (χ1n) is 4.01. The summed E-state index contributed by atoms with van der Waals surface area (Å²) in [6, 6.07) is 0. The van der Waals surface area contributed by atoms with Gasteiger partial charge in [0.2, 0.25) is 0 Å². The molecule has 0 aromatic carbocycles. The fourth-order valence-electron chi connectivity index (χ4n) is 0.502. The molecule has 12 heavy (non-hydrogen) atoms. The predicted molar refractivity (Wildman–Crippen MR) is 45.2 cm³/mol. The maximum absolute atomic E-state index is 10.7. The Hall–Kier alpha value is -1.03. The highest BCUT2D eigenvalue weighted by Gasteiger charge is 1.90. The van der Waals surface area contributed by atoms with Gasteiger partial charge in [0.15, 0.2) is 0 Å². The smallest absolute Gasteiger partial charge is 0.332 e. The maximum Gasteiger partial charge on any atom is 0.332 e. The van der Waals surface area contributed by atoms with Crippen molar-refractivity contribution in [3.05, 3.63) is 12.3 Å². The second kappa shape index (κ2) is 8.07. The Kier molecular flexibility index (Phi) is 7.38. The number of ether oxygens (including phenoxy) is 1. The van der Waals surface area contributed by atoms with Gasteiger partial charge in [0.25, 0.3) is 0 Å². The largest absolute Gasteiger partial charge is 0.463 e. The molecule has 0 heterocycles. The molecule has 4 nitrogen and oxygen atoms in total. The van der Waals surface area contributed by atoms with Gasteiger partial charge < -0.3 is 4.74 Å². The van der Waals surface area contributed by atoms with E-state index in [1.165, 1.54) is 12.3 Å². The minimum atomic E-state index is -0.370. The Bertz CT molecular complexity index is 145. The van der Waals surface area contributed by atoms with E-state index >= 15 is 0 Å². The Balaban J connectivity index is 3.29. The van der Waals surface area contributed by atoms with Gasteiger partial charge in [0.05, 0.1) is 13.2 Å². The standard InChI is InChI=1S/C8H15NO3/c1-3-7-12-9-6-5-8(10)11-4-2/h5-6,9H,3-4,7H2,1-2H3. The van der Waals surface area contributed by atoms with Crippen molar-refractivity contribution in [2.45, 2.75) is 20.3 Å². The molecule has 0 bridgehead atoms. The van der Waals surface area contributed by atoms with E-state index in [-0.39, 0.29) is 5.97 Å². The monoisotopic (exact) mass is 173 g/mol. The Morgan fingerprint density at radius 3 is 2.83 bits per heavy atom. The van der Waals surface area contributed by atoms with Crippen LogP contribution in [0.15, 0.2) is 12.3 Å². The number of hydrogen-bond donors (Lipinski definition) is 1. The average molecular weight is 173 g/mol. The molecular formula is C8H15NO3. The average Bonchev–Trinajstić information content (AvgIpc) is 2.05. The third-order valence-electron chi connectivity index (χ3n) is 0.964. The number of rotatable bonds is 6. The van der Waals surface area contributed by atoms with Crippen molar-refractivity contribution in [1.82, 2.24) is 5.48 Å². The highest BCUT2D eigenvalue weighted by atomic mass is 16.6. The number of hydrogen-bond acceptors (Lipinski definition) is 4. The molecular weight excluding hydrogens is 158 g/mol. The van der Waals surface area contributed by atoms with E-state index in [9.17, 15) is 4.79 Å². The van der Waals surface area contributed by atoms with Gasteiger partial charge in [-0.3, -0.25) is 10.3 Å². The molecule has 0 radical (unpaired) electrons. The molecule has 1 N–H and O–H groups in total. The summed E-state index contributed by atoms with van der Waals surface area (Å²) in [6.07, 6.45) is 3.62. The lowest BCUT2D eigenvalue weighted by Gasteiger charge is -1.98. The van der Waals surface area contributed by atoms with Gasteiger partial charge in [0, 0.05) is 12.3 Å². The highest BCUT2D eigenvalue weighted by Crippen LogP contribution is 1.80. The Morgan fingerprint density at radius 2 is 2.25 bits per heavy atom. The summed E-state index contributed by atoms with van der Waals surface area (Å²) in [4.78, 5) is 15.5. The Morgan fingerprint density at radius 1 is 1.50 bits per heavy atom. The van der Waals surface area contributed by atoms with Crippen LogP contribution in [0.2, 0.25) is 0 Å². The van der Waals surface area contributed by atoms with Crippen molar-refractivity contribution in [3.8, 4) is 0 Å². The van der Waals surface area contributed by atoms with Crippen LogP contribution in [0.1, 0.15) is 20.3 Å². The molecule has 0 fully saturated rings. The van der Waals surface area contributed by atoms with Crippen molar-refractivity contribution in [1.29, 1.82) is 0 Å². The molecule has 0 saturated carbocycles. The number of hydroxylamine groups is 1. The van der Waals surface area contributed by atoms with E-state index in [2.05, 4.69) is 10.2 Å². The molecule has 0 amide bonds. The summed E-state index contributed by atoms with van der Waals surface area (Å²) < 4.78 is 4.63. The van der Waals surface area contributed by atoms with E-state index in [1.807, 2.05) is 6.92 Å². The third kappa shape index (κ3) is 7.08. The topological polar surface area (TPSA) is 47.6 Å². The van der Waals surface area contributed by atoms with E-state index < -0.39 is 0 Å². The molecule has 0 unspecified atom stereocenters. The van der Waals surface area contributed by atoms with E-state index in [0.29, 0.717) is 13.2 Å². The van der Waals surface area contributed by atoms with E-state index in [0.717, 1.165) is 6.42 Å². The zero-order valence-electron chi connectivity index (χ0n) is 7.50. The SMILES string of the molecule is CCCONC=CC(=O)OCC. The third-order valence-corrected chi connectivity index (χ3v) is 0.964. The van der Waals surface area contributed by atoms with Crippen molar-refractivity contribution >= 4 is 5.97 Å². The quantitative estimate of drug-likeness (QED) is 0.282. The van der Waals surface area contributed by atoms with Crippen LogP contribution in [0, 0.1) is 0 Å². The van der Waals surface area contributed by atoms with Crippen molar-refractivity contribution < 1.29 is 14.4 Å². The van der Waals surface area contributed by atoms with Crippen LogP contribution in [-0.2, 0) is 14.4 Å². The Labute approximate surface area is 72.5 Å². The van der Waals surface area contributed by atoms with Crippen LogP contribution in [0.25, 0.3) is 0 Å². The summed E-state index contributed by atoms with van der Waals surface area (Å²) in [6.45, 7) is 4.76. The van der Waals surface area contributed by atoms with Gasteiger partial charge in [-0.1, -0.05) is 6.92 Å². The van der Waals surface area contributed by atoms with Crippen molar-refractivity contribution in [2.24, 2.45) is 0 Å². The van der Waals surface area contributed by atoms with Crippen LogP contribution in [0.5, 0.6) is 0 Å². The molecule has 0 aromatic rings. The van der Waals surface area contributed by atoms with Crippen LogP contribution in [0.3, 0.4) is 0 Å². The van der Waals surface area contributed by atoms with Crippen LogP contribution < -0.4 is 5.48 Å². The maximum atomic E-state index is 10.7. The lowest BCUT2D eigenvalue weighted by atomic mass is 10.5. The van der Waals surface area contributed by atoms with Gasteiger partial charge in [-0.2, -0.15) is 0 Å². The molecule has 0 saturated heterocycles. The highest BCUT2D eigenvalue weighted by molar-refractivity contribution is 5.81. The predicted octanol–water partition coefficient (Wildman–Crippen LogP) is 0.994. The summed E-state index contributed by atoms with van der Waals surface area (Å²) in [5.74, 6) is -0.370. The van der Waals surface area contributed by atoms with Crippen LogP contribution in [-0.4, -0.2) is 19.2 Å². The summed E-state index contributed by atoms with van der Waals surface area (Å²) in [5, 5.41) is 0. The lowest BCUT2D eigenvalue weighted by Crippen LogP contribution is -2.08. The lowest BCUT2D eigenvalue weighted by molar-refractivity contribution is -0.137. The van der Waals surface area contributed by atoms with E-state index in [1.54, 1.807) is 6.92 Å². The van der Waals surface area contributed by atoms with Gasteiger partial charge in [0.1, 0.15) is 0 Å². The number of carbonyl (C=O) groups is 1. The molecule has 4 heteroatoms. The number of carbonyl (C=O) groups excluding carboxylic acids is 1. The first-order chi connectivity index (χ1) is 5.81. The van der Waals surface area contributed by atoms with Gasteiger partial charge in [-0.05, 0) is 13.3 Å². The minimum Gasteiger partial charge on any atom is -0.463 e. The second-order valence-electron chi connectivity index (χ2n) is 2.05. The molecule has 70 valence electrons. The van der Waals surface area contributed by atoms with Crippen molar-refractivity contribution in [3.63, 3.8) is 0 Å². The fourth-order valence-corrected chi connectivity index (χ4v) is 0.502. The zero-order valence-corrected chi connectivity index (χ0v) is 7.50. The molecule has 0 spiro atoms. The number of esters is 1. The number of nitrogens with one attached hydrogen (secondary N) is 1. The molecule has 0 aliphatic rings. The van der Waals surface area contributed by atoms with Gasteiger partial charge in [-0.25, -0.2) is 4.79 Å². The summed E-state index contributed by atoms with van der Waals surface area (Å²) >= 11 is 0. The van der Waals surface area contributed by atoms with Gasteiger partial charge in [-0.15, -0.1) is 0 Å². The molecule has 0 aromatic heterocycles. The first kappa shape index (κ1) is 11.0. The van der Waals surface area contributed by atoms with Crippen LogP contribution >= 0.6 is 0 Å². The van der Waals surface area contributed by atoms with Gasteiger partial charge >= 0.3 is 5.97 Å². The molecule has 0 atom stereocenters. The summed E-state index contributed by atoms with van der Waals surface area (Å²) in [7, 11) is 0. The first-order valence-corrected chi connectivity index (χ1v) is 4.01. The van der Waals surface area contributed by atoms with Crippen molar-refractivity contribution in [2.75, 3.05) is 13.2 Å². The normalized spacial score (nSPS) is 10.2. The minimum absolute atomic E-state index is 0.370. The summed E-state index contributed by atoms with van der Waals surface area (Å²) in [5.41, 5.74) is 2.49. The van der Waals surface area contributed by atoms with Crippen LogP contribution in [0.4, 0.5) is 0 Å². The molecule has 0 aliphatic carbocycles. The van der Waals surface area contributed by atoms with E-state index in [4.69, 9.17) is 4.84 Å². The molecule has 0 rings (SSSR count). The fraction of sp³-hybridized carbons (Fsp3) is 0.625. The molecule has 0 aliphatic heterocycles.